The van der Waals surface area contributed by atoms with Crippen molar-refractivity contribution in [3.63, 3.8) is 0 Å². The van der Waals surface area contributed by atoms with Gasteiger partial charge in [-0.25, -0.2) is 17.7 Å². The normalized spacial score (nSPS) is 25.3. The lowest BCUT2D eigenvalue weighted by Gasteiger charge is -2.40. The molecule has 4 heterocycles. The van der Waals surface area contributed by atoms with Crippen molar-refractivity contribution < 1.29 is 36.9 Å². The molecule has 11 heteroatoms. The minimum absolute atomic E-state index is 0.115. The van der Waals surface area contributed by atoms with Gasteiger partial charge in [0, 0.05) is 50.8 Å². The Morgan fingerprint density at radius 1 is 1.14 bits per heavy atom. The molecule has 0 aliphatic carbocycles. The second-order valence-corrected chi connectivity index (χ2v) is 13.8. The number of benzene rings is 1. The first-order valence-corrected chi connectivity index (χ1v) is 16.2. The summed E-state index contributed by atoms with van der Waals surface area (Å²) in [6.07, 6.45) is 2.23. The molecule has 3 aliphatic rings. The number of ether oxygens (including phenoxy) is 5. The van der Waals surface area contributed by atoms with Crippen molar-refractivity contribution in [3.05, 3.63) is 47.5 Å². The summed E-state index contributed by atoms with van der Waals surface area (Å²) in [5.74, 6) is -0.489. The summed E-state index contributed by atoms with van der Waals surface area (Å²) in [6.45, 7) is 8.08. The van der Waals surface area contributed by atoms with Crippen LogP contribution in [0.1, 0.15) is 63.0 Å². The molecule has 3 saturated heterocycles. The Labute approximate surface area is 248 Å². The van der Waals surface area contributed by atoms with E-state index in [1.807, 2.05) is 32.0 Å². The van der Waals surface area contributed by atoms with Crippen LogP contribution in [-0.2, 0) is 33.8 Å². The standard InChI is InChI=1S/C31H42N2O8S/c1-5-30(3)40-21-25(41-30)20-39-28-8-6-7-27(32-28)26-10-9-24(19-22(26)2)23-11-15-33(16-12-23)42(35,36)31(29(34)37-4)13-17-38-18-14-31/h6-10,19,23,25H,5,11-18,20-21H2,1-4H3/t25-,30?/m1/s1. The zero-order valence-corrected chi connectivity index (χ0v) is 25.8. The molecule has 42 heavy (non-hydrogen) atoms. The Morgan fingerprint density at radius 3 is 2.52 bits per heavy atom. The maximum Gasteiger partial charge on any atom is 0.328 e. The van der Waals surface area contributed by atoms with Crippen LogP contribution < -0.4 is 4.74 Å². The molecule has 3 aliphatic heterocycles. The fourth-order valence-electron chi connectivity index (χ4n) is 6.14. The van der Waals surface area contributed by atoms with Gasteiger partial charge >= 0.3 is 5.97 Å². The summed E-state index contributed by atoms with van der Waals surface area (Å²) in [5.41, 5.74) is 4.10. The Bertz CT molecular complexity index is 1370. The number of pyridine rings is 1. The summed E-state index contributed by atoms with van der Waals surface area (Å²) < 4.78 is 55.3. The van der Waals surface area contributed by atoms with Crippen LogP contribution in [0, 0.1) is 6.92 Å². The minimum atomic E-state index is -3.89. The molecule has 0 N–H and O–H groups in total. The van der Waals surface area contributed by atoms with E-state index in [-0.39, 0.29) is 38.1 Å². The Hall–Kier alpha value is -2.57. The number of rotatable bonds is 9. The summed E-state index contributed by atoms with van der Waals surface area (Å²) >= 11 is 0. The summed E-state index contributed by atoms with van der Waals surface area (Å²) in [6, 6.07) is 12.1. The summed E-state index contributed by atoms with van der Waals surface area (Å²) in [7, 11) is -2.65. The van der Waals surface area contributed by atoms with Crippen molar-refractivity contribution in [2.24, 2.45) is 0 Å². The van der Waals surface area contributed by atoms with Gasteiger partial charge in [-0.1, -0.05) is 31.2 Å². The van der Waals surface area contributed by atoms with Crippen LogP contribution >= 0.6 is 0 Å². The largest absolute Gasteiger partial charge is 0.475 e. The minimum Gasteiger partial charge on any atom is -0.475 e. The fourth-order valence-corrected chi connectivity index (χ4v) is 8.30. The van der Waals surface area contributed by atoms with Gasteiger partial charge in [-0.3, -0.25) is 4.79 Å². The molecule has 0 bridgehead atoms. The number of hydrogen-bond acceptors (Lipinski definition) is 9. The van der Waals surface area contributed by atoms with E-state index < -0.39 is 26.5 Å². The second-order valence-electron chi connectivity index (χ2n) is 11.6. The first-order chi connectivity index (χ1) is 20.1. The van der Waals surface area contributed by atoms with E-state index in [2.05, 4.69) is 25.1 Å². The third kappa shape index (κ3) is 6.07. The van der Waals surface area contributed by atoms with Gasteiger partial charge in [-0.2, -0.15) is 0 Å². The molecule has 0 amide bonds. The molecule has 0 saturated carbocycles. The van der Waals surface area contributed by atoms with E-state index in [1.165, 1.54) is 17.0 Å². The Balaban J connectivity index is 1.22. The van der Waals surface area contributed by atoms with Gasteiger partial charge in [0.1, 0.15) is 12.7 Å². The molecule has 10 nitrogen and oxygen atoms in total. The number of hydrogen-bond donors (Lipinski definition) is 0. The van der Waals surface area contributed by atoms with E-state index in [0.717, 1.165) is 23.2 Å². The lowest BCUT2D eigenvalue weighted by molar-refractivity contribution is -0.158. The number of methoxy groups -OCH3 is 1. The van der Waals surface area contributed by atoms with Crippen molar-refractivity contribution >= 4 is 16.0 Å². The van der Waals surface area contributed by atoms with Gasteiger partial charge in [0.15, 0.2) is 10.5 Å². The molecular weight excluding hydrogens is 560 g/mol. The van der Waals surface area contributed by atoms with Crippen LogP contribution in [-0.4, -0.2) is 86.9 Å². The molecule has 0 spiro atoms. The molecule has 2 atom stereocenters. The fraction of sp³-hybridized carbons (Fsp3) is 0.613. The Kier molecular flexibility index (Phi) is 9.24. The monoisotopic (exact) mass is 602 g/mol. The van der Waals surface area contributed by atoms with Crippen LogP contribution in [0.5, 0.6) is 5.88 Å². The zero-order valence-electron chi connectivity index (χ0n) is 25.0. The van der Waals surface area contributed by atoms with E-state index in [4.69, 9.17) is 28.7 Å². The number of esters is 1. The number of aromatic nitrogens is 1. The van der Waals surface area contributed by atoms with E-state index in [9.17, 15) is 13.2 Å². The molecule has 5 rings (SSSR count). The molecular formula is C31H42N2O8S. The van der Waals surface area contributed by atoms with Crippen molar-refractivity contribution in [2.45, 2.75) is 75.4 Å². The molecule has 3 fully saturated rings. The maximum absolute atomic E-state index is 13.7. The lowest BCUT2D eigenvalue weighted by Crippen LogP contribution is -2.57. The highest BCUT2D eigenvalue weighted by atomic mass is 32.2. The van der Waals surface area contributed by atoms with Crippen LogP contribution in [0.3, 0.4) is 0 Å². The third-order valence-corrected chi connectivity index (χ3v) is 11.5. The summed E-state index contributed by atoms with van der Waals surface area (Å²) in [4.78, 5) is 17.4. The Morgan fingerprint density at radius 2 is 1.88 bits per heavy atom. The van der Waals surface area contributed by atoms with Crippen molar-refractivity contribution in [3.8, 4) is 17.1 Å². The highest BCUT2D eigenvalue weighted by molar-refractivity contribution is 7.91. The van der Waals surface area contributed by atoms with Gasteiger partial charge in [0.05, 0.1) is 19.4 Å². The molecule has 0 radical (unpaired) electrons. The van der Waals surface area contributed by atoms with Gasteiger partial charge in [0.25, 0.3) is 0 Å². The summed E-state index contributed by atoms with van der Waals surface area (Å²) in [5, 5.41) is 0. The van der Waals surface area contributed by atoms with Crippen molar-refractivity contribution in [1.82, 2.24) is 9.29 Å². The van der Waals surface area contributed by atoms with Gasteiger partial charge < -0.3 is 23.7 Å². The number of sulfonamides is 1. The van der Waals surface area contributed by atoms with Crippen molar-refractivity contribution in [1.29, 1.82) is 0 Å². The third-order valence-electron chi connectivity index (χ3n) is 8.92. The average Bonchev–Trinajstić information content (AvgIpc) is 3.41. The number of nitrogens with zero attached hydrogens (tertiary/aromatic N) is 2. The van der Waals surface area contributed by atoms with Crippen LogP contribution in [0.4, 0.5) is 0 Å². The van der Waals surface area contributed by atoms with Crippen LogP contribution in [0.2, 0.25) is 0 Å². The number of piperidine rings is 1. The highest BCUT2D eigenvalue weighted by Crippen LogP contribution is 2.38. The van der Waals surface area contributed by atoms with Crippen LogP contribution in [0.15, 0.2) is 36.4 Å². The molecule has 1 aromatic heterocycles. The second kappa shape index (κ2) is 12.6. The maximum atomic E-state index is 13.7. The topological polar surface area (TPSA) is 113 Å². The van der Waals surface area contributed by atoms with Crippen molar-refractivity contribution in [2.75, 3.05) is 46.6 Å². The smallest absolute Gasteiger partial charge is 0.328 e. The number of carbonyl (C=O) groups excluding carboxylic acids is 1. The molecule has 1 unspecified atom stereocenters. The molecule has 1 aromatic carbocycles. The van der Waals surface area contributed by atoms with E-state index in [0.29, 0.717) is 45.0 Å². The quantitative estimate of drug-likeness (QED) is 0.390. The first kappa shape index (κ1) is 30.9. The first-order valence-electron chi connectivity index (χ1n) is 14.8. The molecule has 230 valence electrons. The predicted molar refractivity (Wildman–Crippen MR) is 157 cm³/mol. The lowest BCUT2D eigenvalue weighted by atomic mass is 9.88. The van der Waals surface area contributed by atoms with Crippen LogP contribution in [0.25, 0.3) is 11.3 Å². The molecule has 2 aromatic rings. The van der Waals surface area contributed by atoms with E-state index in [1.54, 1.807) is 0 Å². The highest BCUT2D eigenvalue weighted by Gasteiger charge is 2.55. The van der Waals surface area contributed by atoms with E-state index >= 15 is 0 Å². The van der Waals surface area contributed by atoms with Gasteiger partial charge in [0.2, 0.25) is 15.9 Å². The number of aryl methyl sites for hydroxylation is 1. The number of carbonyl (C=O) groups is 1. The SMILES string of the molecule is CCC1(C)OC[C@@H](COc2cccc(-c3ccc(C4CCN(S(=O)(=O)C5(C(=O)OC)CCOCC5)CC4)cc3C)n2)O1. The van der Waals surface area contributed by atoms with Gasteiger partial charge in [-0.05, 0) is 56.2 Å². The predicted octanol–water partition coefficient (Wildman–Crippen LogP) is 4.21. The van der Waals surface area contributed by atoms with Gasteiger partial charge in [-0.15, -0.1) is 0 Å². The average molecular weight is 603 g/mol. The zero-order chi connectivity index (χ0) is 30.0.